The molecule has 1 aromatic carbocycles. The number of carbonyl (C=O) groups excluding carboxylic acids is 1. The van der Waals surface area contributed by atoms with Gasteiger partial charge in [-0.2, -0.15) is 5.10 Å². The highest BCUT2D eigenvalue weighted by Gasteiger charge is 2.54. The molecule has 0 unspecified atom stereocenters. The topological polar surface area (TPSA) is 107 Å². The predicted molar refractivity (Wildman–Crippen MR) is 204 cm³/mol. The van der Waals surface area contributed by atoms with Crippen LogP contribution in [0.1, 0.15) is 37.1 Å². The minimum Gasteiger partial charge on any atom is -0.392 e. The number of morpholine rings is 1. The molecule has 2 aliphatic carbocycles. The van der Waals surface area contributed by atoms with Gasteiger partial charge in [0.15, 0.2) is 5.82 Å². The fourth-order valence-corrected chi connectivity index (χ4v) is 8.91. The molecule has 1 N–H and O–H groups in total. The lowest BCUT2D eigenvalue weighted by atomic mass is 9.87. The van der Waals surface area contributed by atoms with Gasteiger partial charge in [-0.05, 0) is 61.7 Å². The first-order valence-corrected chi connectivity index (χ1v) is 26.0. The van der Waals surface area contributed by atoms with Gasteiger partial charge in [-0.3, -0.25) is 14.3 Å². The summed E-state index contributed by atoms with van der Waals surface area (Å²) >= 11 is 0. The van der Waals surface area contributed by atoms with Crippen molar-refractivity contribution in [2.45, 2.75) is 111 Å². The number of aromatic nitrogens is 4. The summed E-state index contributed by atoms with van der Waals surface area (Å²) in [5.41, 5.74) is 6.66. The number of fused-ring (bicyclic) bond motifs is 3. The van der Waals surface area contributed by atoms with Crippen LogP contribution in [0.25, 0.3) is 22.6 Å². The number of rotatable bonds is 15. The third-order valence-electron chi connectivity index (χ3n) is 11.1. The Labute approximate surface area is 300 Å². The number of aliphatic hydroxyl groups is 1. The largest absolute Gasteiger partial charge is 0.392 e. The van der Waals surface area contributed by atoms with Gasteiger partial charge in [-0.15, -0.1) is 0 Å². The van der Waals surface area contributed by atoms with E-state index in [1.165, 1.54) is 17.7 Å². The maximum absolute atomic E-state index is 13.8. The number of benzene rings is 1. The van der Waals surface area contributed by atoms with E-state index in [0.29, 0.717) is 55.7 Å². The van der Waals surface area contributed by atoms with Crippen molar-refractivity contribution in [2.24, 2.45) is 11.3 Å². The van der Waals surface area contributed by atoms with E-state index in [1.54, 1.807) is 4.90 Å². The van der Waals surface area contributed by atoms with Crippen LogP contribution in [0, 0.1) is 11.3 Å². The summed E-state index contributed by atoms with van der Waals surface area (Å²) in [6, 6.07) is 5.80. The molecule has 1 aliphatic heterocycles. The first kappa shape index (κ1) is 37.4. The second-order valence-corrected chi connectivity index (χ2v) is 28.9. The Kier molecular flexibility index (Phi) is 10.9. The van der Waals surface area contributed by atoms with Gasteiger partial charge in [-0.1, -0.05) is 46.2 Å². The van der Waals surface area contributed by atoms with E-state index in [4.69, 9.17) is 24.3 Å². The number of nitrogens with zero attached hydrogens (tertiary/aromatic N) is 6. The number of amides is 1. The molecule has 3 atom stereocenters. The molecule has 0 radical (unpaired) electrons. The van der Waals surface area contributed by atoms with E-state index >= 15 is 0 Å². The van der Waals surface area contributed by atoms with Crippen LogP contribution >= 0.6 is 0 Å². The van der Waals surface area contributed by atoms with E-state index in [9.17, 15) is 9.90 Å². The second kappa shape index (κ2) is 14.6. The fourth-order valence-electron chi connectivity index (χ4n) is 7.40. The zero-order valence-corrected chi connectivity index (χ0v) is 34.0. The molecule has 1 saturated heterocycles. The molecule has 11 nitrogen and oxygen atoms in total. The molecule has 2 aromatic heterocycles. The smallest absolute Gasteiger partial charge is 0.243 e. The molecule has 0 spiro atoms. The highest BCUT2D eigenvalue weighted by atomic mass is 28.3. The minimum atomic E-state index is -1.31. The van der Waals surface area contributed by atoms with Crippen LogP contribution < -0.4 is 4.90 Å². The quantitative estimate of drug-likeness (QED) is 0.154. The van der Waals surface area contributed by atoms with Crippen LogP contribution in [0.4, 0.5) is 5.69 Å². The number of imidazole rings is 1. The molecule has 1 saturated carbocycles. The van der Waals surface area contributed by atoms with Crippen molar-refractivity contribution in [2.75, 3.05) is 51.5 Å². The average Bonchev–Trinajstić information content (AvgIpc) is 3.43. The van der Waals surface area contributed by atoms with Crippen molar-refractivity contribution in [3.05, 3.63) is 29.0 Å². The molecule has 2 fully saturated rings. The van der Waals surface area contributed by atoms with Crippen molar-refractivity contribution in [1.29, 1.82) is 0 Å². The van der Waals surface area contributed by atoms with Crippen LogP contribution in [0.2, 0.25) is 51.4 Å². The Balaban J connectivity index is 1.40. The third-order valence-corrected chi connectivity index (χ3v) is 14.5. The fraction of sp³-hybridized carbons (Fsp3) is 0.703. The van der Waals surface area contributed by atoms with E-state index in [1.807, 2.05) is 26.1 Å². The summed E-state index contributed by atoms with van der Waals surface area (Å²) in [7, 11) is -0.706. The maximum atomic E-state index is 13.8. The van der Waals surface area contributed by atoms with E-state index in [0.717, 1.165) is 67.3 Å². The van der Waals surface area contributed by atoms with Crippen LogP contribution in [0.15, 0.2) is 12.1 Å². The number of likely N-dealkylation sites (N-methyl/N-ethyl adjacent to an activating group) is 1. The molecule has 50 heavy (non-hydrogen) atoms. The van der Waals surface area contributed by atoms with Crippen molar-refractivity contribution in [3.63, 3.8) is 0 Å². The van der Waals surface area contributed by atoms with Crippen LogP contribution in [-0.4, -0.2) is 104 Å². The van der Waals surface area contributed by atoms with E-state index in [-0.39, 0.29) is 18.6 Å². The van der Waals surface area contributed by atoms with Gasteiger partial charge >= 0.3 is 0 Å². The standard InChI is InChI=1S/C37H60N6O5Si2/c1-26(41-10-12-46-13-11-41)36(45)40(3)29-18-27(23-44)33-31(20-29)42(24-47-14-16-49(4,5)6)35(38-33)34-30-19-28-21-37(28,2)22-32(30)43(39-34)25-48-15-17-50(7,8)9/h18,20,26,28,44H,10-17,19,21-25H2,1-9H3/t26-,28+,37+/m0/s1. The number of hydrogen-bond acceptors (Lipinski definition) is 8. The zero-order valence-electron chi connectivity index (χ0n) is 32.0. The molecule has 13 heteroatoms. The lowest BCUT2D eigenvalue weighted by molar-refractivity contribution is -0.124. The average molecular weight is 725 g/mol. The Bertz CT molecular complexity index is 1690. The van der Waals surface area contributed by atoms with Gasteiger partial charge in [-0.25, -0.2) is 9.67 Å². The molecular formula is C37H60N6O5Si2. The van der Waals surface area contributed by atoms with Crippen molar-refractivity contribution in [1.82, 2.24) is 24.2 Å². The summed E-state index contributed by atoms with van der Waals surface area (Å²) < 4.78 is 22.4. The van der Waals surface area contributed by atoms with Crippen LogP contribution in [0.5, 0.6) is 0 Å². The minimum absolute atomic E-state index is 0.00207. The Morgan fingerprint density at radius 3 is 2.38 bits per heavy atom. The van der Waals surface area contributed by atoms with Gasteiger partial charge < -0.3 is 24.2 Å². The Morgan fingerprint density at radius 1 is 1.08 bits per heavy atom. The first-order valence-electron chi connectivity index (χ1n) is 18.6. The molecule has 3 aromatic rings. The molecule has 1 amide bonds. The van der Waals surface area contributed by atoms with Gasteiger partial charge in [0.25, 0.3) is 0 Å². The lowest BCUT2D eigenvalue weighted by Crippen LogP contribution is -2.50. The molecule has 3 aliphatic rings. The zero-order chi connectivity index (χ0) is 36.0. The highest BCUT2D eigenvalue weighted by molar-refractivity contribution is 6.76. The van der Waals surface area contributed by atoms with Crippen LogP contribution in [-0.2, 0) is 51.9 Å². The Hall–Kier alpha value is -2.40. The summed E-state index contributed by atoms with van der Waals surface area (Å²) in [5.74, 6) is 1.40. The predicted octanol–water partition coefficient (Wildman–Crippen LogP) is 5.83. The molecule has 3 heterocycles. The summed E-state index contributed by atoms with van der Waals surface area (Å²) in [6.45, 7) is 23.2. The summed E-state index contributed by atoms with van der Waals surface area (Å²) in [6.07, 6.45) is 3.20. The maximum Gasteiger partial charge on any atom is 0.243 e. The van der Waals surface area contributed by atoms with Gasteiger partial charge in [0.05, 0.1) is 36.9 Å². The number of carbonyl (C=O) groups is 1. The van der Waals surface area contributed by atoms with Crippen molar-refractivity contribution < 1.29 is 24.1 Å². The third kappa shape index (κ3) is 8.14. The molecule has 276 valence electrons. The van der Waals surface area contributed by atoms with Crippen LogP contribution in [0.3, 0.4) is 0 Å². The van der Waals surface area contributed by atoms with Crippen molar-refractivity contribution in [3.8, 4) is 11.5 Å². The molecular weight excluding hydrogens is 665 g/mol. The second-order valence-electron chi connectivity index (χ2n) is 17.6. The SMILES string of the molecule is C[C@@H](C(=O)N(C)c1cc(CO)c2nc(-c3nn(COCC[Si](C)(C)C)c4c3C[C@@H]3C[C@]3(C)C4)n(COCC[Si](C)(C)C)c2c1)N1CCOCC1. The number of ether oxygens (including phenoxy) is 3. The summed E-state index contributed by atoms with van der Waals surface area (Å²) in [5, 5.41) is 15.9. The lowest BCUT2D eigenvalue weighted by Gasteiger charge is -2.33. The normalized spacial score (nSPS) is 21.7. The number of anilines is 1. The van der Waals surface area contributed by atoms with Gasteiger partial charge in [0, 0.05) is 72.0 Å². The van der Waals surface area contributed by atoms with E-state index in [2.05, 4.69) is 60.4 Å². The van der Waals surface area contributed by atoms with Gasteiger partial charge in [0.2, 0.25) is 5.91 Å². The first-order chi connectivity index (χ1) is 23.6. The number of aliphatic hydroxyl groups excluding tert-OH is 1. The highest BCUT2D eigenvalue weighted by Crippen LogP contribution is 2.60. The van der Waals surface area contributed by atoms with E-state index < -0.39 is 16.1 Å². The summed E-state index contributed by atoms with van der Waals surface area (Å²) in [4.78, 5) is 22.9. The monoisotopic (exact) mass is 724 g/mol. The van der Waals surface area contributed by atoms with Gasteiger partial charge in [0.1, 0.15) is 19.2 Å². The molecule has 6 rings (SSSR count). The Morgan fingerprint density at radius 2 is 1.74 bits per heavy atom. The molecule has 0 bridgehead atoms. The number of hydrogen-bond donors (Lipinski definition) is 1. The van der Waals surface area contributed by atoms with Crippen molar-refractivity contribution >= 4 is 38.8 Å².